The van der Waals surface area contributed by atoms with Crippen molar-refractivity contribution in [1.29, 1.82) is 5.26 Å². The van der Waals surface area contributed by atoms with E-state index in [9.17, 15) is 24.0 Å². The van der Waals surface area contributed by atoms with Gasteiger partial charge in [0.15, 0.2) is 0 Å². The maximum Gasteiger partial charge on any atom is 0.270 e. The van der Waals surface area contributed by atoms with Crippen LogP contribution in [0.25, 0.3) is 11.0 Å². The van der Waals surface area contributed by atoms with Crippen molar-refractivity contribution < 1.29 is 18.8 Å². The number of alkyl halides is 1. The number of nitriles is 1. The molecule has 3 amide bonds. The monoisotopic (exact) mass is 502 g/mol. The van der Waals surface area contributed by atoms with E-state index in [0.717, 1.165) is 10.9 Å². The summed E-state index contributed by atoms with van der Waals surface area (Å²) < 4.78 is 15.0. The number of hydrogen-bond donors (Lipinski definition) is 2. The SMILES string of the molecule is CN(C(=O)c1cc2cccnc2[nH]1)[C@@H](CC(C)(C)F)C(=O)N1C[C@]2(C[C@H]1C#N)C(=O)Nc1ccccc12. The van der Waals surface area contributed by atoms with Crippen molar-refractivity contribution >= 4 is 34.4 Å². The summed E-state index contributed by atoms with van der Waals surface area (Å²) in [5, 5.41) is 13.5. The standard InChI is InChI=1S/C27H27FN6O3/c1-26(2,28)13-21(33(3)23(35)20-11-16-7-6-10-30-22(16)31-20)24(36)34-15-27(12-17(34)14-29)18-8-4-5-9-19(18)32-25(27)37/h4-11,17,21H,12-13,15H2,1-3H3,(H,30,31)(H,32,37)/t17-,21-,27-/m0/s1. The van der Waals surface area contributed by atoms with E-state index >= 15 is 0 Å². The number of aromatic nitrogens is 2. The molecular weight excluding hydrogens is 475 g/mol. The van der Waals surface area contributed by atoms with Gasteiger partial charge in [0.1, 0.15) is 29.1 Å². The molecule has 0 aliphatic carbocycles. The van der Waals surface area contributed by atoms with Crippen molar-refractivity contribution in [3.05, 3.63) is 59.9 Å². The van der Waals surface area contributed by atoms with Crippen molar-refractivity contribution in [3.8, 4) is 6.07 Å². The number of hydrogen-bond acceptors (Lipinski definition) is 5. The highest BCUT2D eigenvalue weighted by Crippen LogP contribution is 2.46. The van der Waals surface area contributed by atoms with Gasteiger partial charge in [-0.2, -0.15) is 5.26 Å². The zero-order valence-corrected chi connectivity index (χ0v) is 20.8. The zero-order valence-electron chi connectivity index (χ0n) is 20.8. The number of fused-ring (bicyclic) bond motifs is 3. The summed E-state index contributed by atoms with van der Waals surface area (Å²) in [6.07, 6.45) is 1.43. The van der Waals surface area contributed by atoms with Crippen LogP contribution >= 0.6 is 0 Å². The van der Waals surface area contributed by atoms with Gasteiger partial charge < -0.3 is 20.1 Å². The van der Waals surface area contributed by atoms with Gasteiger partial charge in [-0.25, -0.2) is 9.37 Å². The average molecular weight is 503 g/mol. The second-order valence-electron chi connectivity index (χ2n) is 10.4. The second kappa shape index (κ2) is 8.69. The number of carbonyl (C=O) groups excluding carboxylic acids is 3. The van der Waals surface area contributed by atoms with Gasteiger partial charge in [0.2, 0.25) is 11.8 Å². The second-order valence-corrected chi connectivity index (χ2v) is 10.4. The molecule has 190 valence electrons. The van der Waals surface area contributed by atoms with Gasteiger partial charge in [-0.1, -0.05) is 18.2 Å². The molecule has 1 fully saturated rings. The lowest BCUT2D eigenvalue weighted by atomic mass is 9.80. The summed E-state index contributed by atoms with van der Waals surface area (Å²) in [5.74, 6) is -1.36. The highest BCUT2D eigenvalue weighted by Gasteiger charge is 2.57. The first-order chi connectivity index (χ1) is 17.5. The van der Waals surface area contributed by atoms with Crippen LogP contribution in [0, 0.1) is 11.3 Å². The Morgan fingerprint density at radius 2 is 2.08 bits per heavy atom. The summed E-state index contributed by atoms with van der Waals surface area (Å²) in [4.78, 5) is 50.2. The van der Waals surface area contributed by atoms with Gasteiger partial charge >= 0.3 is 0 Å². The molecule has 37 heavy (non-hydrogen) atoms. The van der Waals surface area contributed by atoms with Crippen LogP contribution in [0.1, 0.15) is 42.7 Å². The summed E-state index contributed by atoms with van der Waals surface area (Å²) >= 11 is 0. The Kier molecular flexibility index (Phi) is 5.74. The summed E-state index contributed by atoms with van der Waals surface area (Å²) in [6.45, 7) is 2.65. The number of pyridine rings is 1. The van der Waals surface area contributed by atoms with E-state index in [-0.39, 0.29) is 31.0 Å². The van der Waals surface area contributed by atoms with Crippen molar-refractivity contribution in [2.24, 2.45) is 0 Å². The van der Waals surface area contributed by atoms with Gasteiger partial charge in [0.05, 0.1) is 11.5 Å². The topological polar surface area (TPSA) is 122 Å². The fourth-order valence-electron chi connectivity index (χ4n) is 5.43. The number of amides is 3. The largest absolute Gasteiger partial charge is 0.335 e. The third-order valence-electron chi connectivity index (χ3n) is 7.29. The lowest BCUT2D eigenvalue weighted by Crippen LogP contribution is -2.53. The van der Waals surface area contributed by atoms with E-state index in [1.54, 1.807) is 36.5 Å². The number of likely N-dealkylation sites (tertiary alicyclic amines) is 1. The minimum Gasteiger partial charge on any atom is -0.335 e. The molecule has 1 aromatic carbocycles. The number of likely N-dealkylation sites (N-methyl/N-ethyl adjacent to an activating group) is 1. The Labute approximate surface area is 213 Å². The molecule has 1 spiro atoms. The maximum atomic E-state index is 15.0. The number of carbonyl (C=O) groups is 3. The van der Waals surface area contributed by atoms with E-state index in [1.807, 2.05) is 12.1 Å². The fourth-order valence-corrected chi connectivity index (χ4v) is 5.43. The zero-order chi connectivity index (χ0) is 26.5. The lowest BCUT2D eigenvalue weighted by molar-refractivity contribution is -0.137. The van der Waals surface area contributed by atoms with E-state index in [2.05, 4.69) is 21.4 Å². The number of halogens is 1. The maximum absolute atomic E-state index is 15.0. The molecule has 9 nitrogen and oxygen atoms in total. The Morgan fingerprint density at radius 1 is 1.32 bits per heavy atom. The van der Waals surface area contributed by atoms with Crippen molar-refractivity contribution in [2.45, 2.75) is 49.9 Å². The molecule has 2 aliphatic rings. The Bertz CT molecular complexity index is 1420. The number of benzene rings is 1. The highest BCUT2D eigenvalue weighted by molar-refractivity contribution is 6.07. The predicted octanol–water partition coefficient (Wildman–Crippen LogP) is 3.16. The highest BCUT2D eigenvalue weighted by atomic mass is 19.1. The molecule has 5 rings (SSSR count). The summed E-state index contributed by atoms with van der Waals surface area (Å²) in [7, 11) is 1.44. The minimum atomic E-state index is -1.78. The summed E-state index contributed by atoms with van der Waals surface area (Å²) in [6, 6.07) is 12.4. The van der Waals surface area contributed by atoms with E-state index in [4.69, 9.17) is 0 Å². The Hall–Kier alpha value is -4.26. The van der Waals surface area contributed by atoms with Gasteiger partial charge in [-0.15, -0.1) is 0 Å². The molecule has 2 aliphatic heterocycles. The van der Waals surface area contributed by atoms with Gasteiger partial charge in [0.25, 0.3) is 5.91 Å². The molecule has 2 aromatic heterocycles. The number of anilines is 1. The van der Waals surface area contributed by atoms with Crippen LogP contribution < -0.4 is 5.32 Å². The molecule has 1 saturated heterocycles. The number of rotatable bonds is 5. The van der Waals surface area contributed by atoms with Crippen LogP contribution in [-0.4, -0.2) is 68.8 Å². The van der Waals surface area contributed by atoms with Crippen molar-refractivity contribution in [1.82, 2.24) is 19.8 Å². The van der Waals surface area contributed by atoms with Crippen LogP contribution in [0.3, 0.4) is 0 Å². The molecule has 2 N–H and O–H groups in total. The number of aromatic amines is 1. The van der Waals surface area contributed by atoms with Crippen LogP contribution in [0.5, 0.6) is 0 Å². The number of nitrogens with zero attached hydrogens (tertiary/aromatic N) is 4. The molecule has 0 radical (unpaired) electrons. The summed E-state index contributed by atoms with van der Waals surface area (Å²) in [5.41, 5.74) is -0.747. The van der Waals surface area contributed by atoms with E-state index in [1.165, 1.54) is 30.7 Å². The normalized spacial score (nSPS) is 21.5. The predicted molar refractivity (Wildman–Crippen MR) is 134 cm³/mol. The smallest absolute Gasteiger partial charge is 0.270 e. The first-order valence-electron chi connectivity index (χ1n) is 12.0. The minimum absolute atomic E-state index is 0.0333. The molecule has 4 heterocycles. The first-order valence-corrected chi connectivity index (χ1v) is 12.0. The van der Waals surface area contributed by atoms with Gasteiger partial charge in [-0.05, 0) is 43.7 Å². The average Bonchev–Trinajstić information content (AvgIpc) is 3.55. The molecule has 0 bridgehead atoms. The fraction of sp³-hybridized carbons (Fsp3) is 0.370. The lowest BCUT2D eigenvalue weighted by Gasteiger charge is -2.34. The van der Waals surface area contributed by atoms with E-state index in [0.29, 0.717) is 11.3 Å². The molecular formula is C27H27FN6O3. The van der Waals surface area contributed by atoms with Crippen molar-refractivity contribution in [2.75, 3.05) is 18.9 Å². The molecule has 3 aromatic rings. The third-order valence-corrected chi connectivity index (χ3v) is 7.29. The van der Waals surface area contributed by atoms with E-state index < -0.39 is 35.0 Å². The van der Waals surface area contributed by atoms with Gasteiger partial charge in [0, 0.05) is 43.7 Å². The first kappa shape index (κ1) is 24.4. The van der Waals surface area contributed by atoms with Crippen LogP contribution in [0.2, 0.25) is 0 Å². The number of nitrogens with one attached hydrogen (secondary N) is 2. The number of para-hydroxylation sites is 1. The van der Waals surface area contributed by atoms with Crippen LogP contribution in [0.15, 0.2) is 48.7 Å². The van der Waals surface area contributed by atoms with Crippen LogP contribution in [-0.2, 0) is 15.0 Å². The van der Waals surface area contributed by atoms with Gasteiger partial charge in [-0.3, -0.25) is 14.4 Å². The third kappa shape index (κ3) is 4.10. The molecule has 10 heteroatoms. The molecule has 0 saturated carbocycles. The van der Waals surface area contributed by atoms with Crippen LogP contribution in [0.4, 0.5) is 10.1 Å². The number of H-pyrrole nitrogens is 1. The van der Waals surface area contributed by atoms with Crippen molar-refractivity contribution in [3.63, 3.8) is 0 Å². The Balaban J connectivity index is 1.48. The quantitative estimate of drug-likeness (QED) is 0.555. The Morgan fingerprint density at radius 3 is 2.78 bits per heavy atom. The molecule has 0 unspecified atom stereocenters. The molecule has 3 atom stereocenters.